The number of rotatable bonds is 5. The molecule has 2 unspecified atom stereocenters. The van der Waals surface area contributed by atoms with Crippen molar-refractivity contribution >= 4 is 34.2 Å². The minimum absolute atomic E-state index is 0.120. The molecule has 0 fully saturated rings. The van der Waals surface area contributed by atoms with Gasteiger partial charge in [-0.2, -0.15) is 0 Å². The highest BCUT2D eigenvalue weighted by molar-refractivity contribution is 6.31. The first-order valence-corrected chi connectivity index (χ1v) is 7.78. The number of benzene rings is 1. The summed E-state index contributed by atoms with van der Waals surface area (Å²) in [6, 6.07) is 3.28. The first kappa shape index (κ1) is 15.6. The van der Waals surface area contributed by atoms with Crippen LogP contribution in [-0.4, -0.2) is 9.55 Å². The van der Waals surface area contributed by atoms with Gasteiger partial charge in [0, 0.05) is 12.1 Å². The zero-order chi connectivity index (χ0) is 14.9. The van der Waals surface area contributed by atoms with Crippen molar-refractivity contribution in [3.8, 4) is 0 Å². The van der Waals surface area contributed by atoms with Crippen LogP contribution in [0.3, 0.4) is 0 Å². The van der Waals surface area contributed by atoms with Crippen LogP contribution in [0, 0.1) is 5.82 Å². The Morgan fingerprint density at radius 3 is 2.65 bits per heavy atom. The van der Waals surface area contributed by atoms with Crippen molar-refractivity contribution in [2.24, 2.45) is 0 Å². The molecule has 0 spiro atoms. The molecule has 0 radical (unpaired) electrons. The van der Waals surface area contributed by atoms with Gasteiger partial charge in [0.1, 0.15) is 11.6 Å². The number of imidazole rings is 1. The summed E-state index contributed by atoms with van der Waals surface area (Å²) in [7, 11) is 0. The van der Waals surface area contributed by atoms with Crippen LogP contribution in [0.4, 0.5) is 4.39 Å². The van der Waals surface area contributed by atoms with Crippen LogP contribution >= 0.6 is 23.2 Å². The lowest BCUT2D eigenvalue weighted by molar-refractivity contribution is 0.480. The monoisotopic (exact) mass is 316 g/mol. The van der Waals surface area contributed by atoms with Crippen molar-refractivity contribution in [2.45, 2.75) is 51.5 Å². The van der Waals surface area contributed by atoms with Gasteiger partial charge >= 0.3 is 0 Å². The molecule has 1 aromatic heterocycles. The highest BCUT2D eigenvalue weighted by Gasteiger charge is 2.20. The standard InChI is InChI=1S/C15H19Cl2FN2/c1-4-5-6-9(2)20-14-7-11(17)12(18)8-13(14)19-15(20)10(3)16/h7-10H,4-6H2,1-3H3. The SMILES string of the molecule is CCCCC(C)n1c(C(C)Cl)nc2cc(F)c(Cl)cc21. The second-order valence-corrected chi connectivity index (χ2v) is 6.26. The lowest BCUT2D eigenvalue weighted by Crippen LogP contribution is -2.10. The van der Waals surface area contributed by atoms with Gasteiger partial charge in [-0.3, -0.25) is 0 Å². The molecular weight excluding hydrogens is 298 g/mol. The fraction of sp³-hybridized carbons (Fsp3) is 0.533. The molecule has 0 saturated heterocycles. The molecule has 2 rings (SSSR count). The van der Waals surface area contributed by atoms with Gasteiger partial charge in [0.2, 0.25) is 0 Å². The lowest BCUT2D eigenvalue weighted by atomic mass is 10.1. The molecule has 0 bridgehead atoms. The Morgan fingerprint density at radius 1 is 1.35 bits per heavy atom. The second-order valence-electron chi connectivity index (χ2n) is 5.20. The van der Waals surface area contributed by atoms with E-state index in [0.29, 0.717) is 5.52 Å². The van der Waals surface area contributed by atoms with E-state index in [2.05, 4.69) is 23.4 Å². The van der Waals surface area contributed by atoms with Crippen molar-refractivity contribution in [3.05, 3.63) is 28.8 Å². The van der Waals surface area contributed by atoms with Gasteiger partial charge in [-0.05, 0) is 26.3 Å². The Kier molecular flexibility index (Phi) is 4.92. The molecule has 1 aromatic carbocycles. The lowest BCUT2D eigenvalue weighted by Gasteiger charge is -2.18. The van der Waals surface area contributed by atoms with Crippen LogP contribution in [0.15, 0.2) is 12.1 Å². The Hall–Kier alpha value is -0.800. The van der Waals surface area contributed by atoms with Gasteiger partial charge in [0.05, 0.1) is 21.4 Å². The summed E-state index contributed by atoms with van der Waals surface area (Å²) in [5, 5.41) is -0.108. The van der Waals surface area contributed by atoms with Gasteiger partial charge in [0.25, 0.3) is 0 Å². The van der Waals surface area contributed by atoms with Crippen molar-refractivity contribution in [3.63, 3.8) is 0 Å². The Labute approximate surface area is 128 Å². The summed E-state index contributed by atoms with van der Waals surface area (Å²) >= 11 is 12.1. The summed E-state index contributed by atoms with van der Waals surface area (Å²) < 4.78 is 15.7. The van der Waals surface area contributed by atoms with Crippen molar-refractivity contribution < 1.29 is 4.39 Å². The van der Waals surface area contributed by atoms with Crippen LogP contribution in [0.5, 0.6) is 0 Å². The Bertz CT molecular complexity index is 607. The van der Waals surface area contributed by atoms with E-state index in [1.165, 1.54) is 6.07 Å². The van der Waals surface area contributed by atoms with Crippen LogP contribution in [0.1, 0.15) is 57.3 Å². The van der Waals surface area contributed by atoms with E-state index in [0.717, 1.165) is 30.6 Å². The summed E-state index contributed by atoms with van der Waals surface area (Å²) in [5.74, 6) is 0.325. The van der Waals surface area contributed by atoms with Crippen molar-refractivity contribution in [1.82, 2.24) is 9.55 Å². The van der Waals surface area contributed by atoms with Crippen LogP contribution in [0.25, 0.3) is 11.0 Å². The van der Waals surface area contributed by atoms with E-state index in [1.54, 1.807) is 6.07 Å². The minimum Gasteiger partial charge on any atom is -0.324 e. The molecule has 110 valence electrons. The first-order chi connectivity index (χ1) is 9.45. The molecule has 0 saturated carbocycles. The fourth-order valence-electron chi connectivity index (χ4n) is 2.48. The van der Waals surface area contributed by atoms with Crippen molar-refractivity contribution in [2.75, 3.05) is 0 Å². The smallest absolute Gasteiger partial charge is 0.144 e. The molecule has 0 aliphatic carbocycles. The molecule has 2 atom stereocenters. The molecule has 2 aromatic rings. The highest BCUT2D eigenvalue weighted by atomic mass is 35.5. The number of halogens is 3. The van der Waals surface area contributed by atoms with E-state index >= 15 is 0 Å². The predicted octanol–water partition coefficient (Wildman–Crippen LogP) is 5.88. The number of unbranched alkanes of at least 4 members (excludes halogenated alkanes) is 1. The first-order valence-electron chi connectivity index (χ1n) is 6.96. The molecule has 0 N–H and O–H groups in total. The maximum absolute atomic E-state index is 13.6. The van der Waals surface area contributed by atoms with Crippen LogP contribution < -0.4 is 0 Å². The molecule has 20 heavy (non-hydrogen) atoms. The van der Waals surface area contributed by atoms with Gasteiger partial charge < -0.3 is 4.57 Å². The zero-order valence-electron chi connectivity index (χ0n) is 12.0. The highest BCUT2D eigenvalue weighted by Crippen LogP contribution is 2.32. The van der Waals surface area contributed by atoms with E-state index in [4.69, 9.17) is 23.2 Å². The van der Waals surface area contributed by atoms with E-state index in [1.807, 2.05) is 6.92 Å². The van der Waals surface area contributed by atoms with E-state index < -0.39 is 5.82 Å². The fourth-order valence-corrected chi connectivity index (χ4v) is 2.79. The summed E-state index contributed by atoms with van der Waals surface area (Å²) in [6.45, 7) is 6.18. The molecule has 0 aliphatic heterocycles. The molecular formula is C15H19Cl2FN2. The molecule has 0 aliphatic rings. The van der Waals surface area contributed by atoms with Crippen molar-refractivity contribution in [1.29, 1.82) is 0 Å². The third kappa shape index (κ3) is 2.94. The summed E-state index contributed by atoms with van der Waals surface area (Å²) in [6.07, 6.45) is 3.30. The maximum Gasteiger partial charge on any atom is 0.144 e. The minimum atomic E-state index is -0.446. The van der Waals surface area contributed by atoms with Gasteiger partial charge in [-0.1, -0.05) is 31.4 Å². The number of nitrogens with zero attached hydrogens (tertiary/aromatic N) is 2. The second kappa shape index (κ2) is 6.31. The summed E-state index contributed by atoms with van der Waals surface area (Å²) in [4.78, 5) is 4.48. The normalized spacial score (nSPS) is 14.7. The number of hydrogen-bond acceptors (Lipinski definition) is 1. The maximum atomic E-state index is 13.6. The largest absolute Gasteiger partial charge is 0.324 e. The zero-order valence-corrected chi connectivity index (χ0v) is 13.5. The molecule has 0 amide bonds. The third-order valence-electron chi connectivity index (χ3n) is 3.53. The van der Waals surface area contributed by atoms with E-state index in [9.17, 15) is 4.39 Å². The molecule has 5 heteroatoms. The van der Waals surface area contributed by atoms with E-state index in [-0.39, 0.29) is 16.4 Å². The molecule has 1 heterocycles. The average molecular weight is 317 g/mol. The Morgan fingerprint density at radius 2 is 2.05 bits per heavy atom. The van der Waals surface area contributed by atoms with Gasteiger partial charge in [-0.15, -0.1) is 11.6 Å². The quantitative estimate of drug-likeness (QED) is 0.630. The number of alkyl halides is 1. The number of aromatic nitrogens is 2. The number of hydrogen-bond donors (Lipinski definition) is 0. The van der Waals surface area contributed by atoms with Gasteiger partial charge in [-0.25, -0.2) is 9.37 Å². The van der Waals surface area contributed by atoms with Gasteiger partial charge in [0.15, 0.2) is 0 Å². The average Bonchev–Trinajstić information content (AvgIpc) is 2.75. The predicted molar refractivity (Wildman–Crippen MR) is 83.2 cm³/mol. The number of fused-ring (bicyclic) bond motifs is 1. The van der Waals surface area contributed by atoms with Crippen LogP contribution in [0.2, 0.25) is 5.02 Å². The Balaban J connectivity index is 2.58. The summed E-state index contributed by atoms with van der Waals surface area (Å²) in [5.41, 5.74) is 1.46. The topological polar surface area (TPSA) is 17.8 Å². The molecule has 2 nitrogen and oxygen atoms in total. The third-order valence-corrected chi connectivity index (χ3v) is 4.02. The van der Waals surface area contributed by atoms with Crippen LogP contribution in [-0.2, 0) is 0 Å².